The Morgan fingerprint density at radius 1 is 1.35 bits per heavy atom. The number of amides is 1. The van der Waals surface area contributed by atoms with Crippen LogP contribution >= 0.6 is 0 Å². The van der Waals surface area contributed by atoms with Crippen molar-refractivity contribution in [3.05, 3.63) is 24.3 Å². The van der Waals surface area contributed by atoms with E-state index in [2.05, 4.69) is 5.32 Å². The van der Waals surface area contributed by atoms with Gasteiger partial charge >= 0.3 is 0 Å². The second kappa shape index (κ2) is 7.31. The number of hydrogen-bond donors (Lipinski definition) is 1. The molecule has 6 nitrogen and oxygen atoms in total. The third kappa shape index (κ3) is 4.94. The van der Waals surface area contributed by atoms with E-state index in [0.717, 1.165) is 0 Å². The number of piperidine rings is 1. The average Bonchev–Trinajstić information content (AvgIpc) is 2.48. The smallest absolute Gasteiger partial charge is 0.228 e. The zero-order valence-corrected chi connectivity index (χ0v) is 14.6. The minimum Gasteiger partial charge on any atom is -0.489 e. The number of carbonyl (C=O) groups excluding carboxylic acids is 1. The lowest BCUT2D eigenvalue weighted by Gasteiger charge is -2.30. The van der Waals surface area contributed by atoms with Gasteiger partial charge in [0.25, 0.3) is 0 Å². The Bertz CT molecular complexity index is 658. The maximum atomic E-state index is 12.5. The molecule has 23 heavy (non-hydrogen) atoms. The second-order valence-electron chi connectivity index (χ2n) is 6.11. The molecule has 1 fully saturated rings. The molecule has 1 saturated heterocycles. The van der Waals surface area contributed by atoms with Crippen LogP contribution in [0, 0.1) is 5.92 Å². The van der Waals surface area contributed by atoms with Crippen molar-refractivity contribution in [3.8, 4) is 5.75 Å². The molecule has 1 aliphatic rings. The summed E-state index contributed by atoms with van der Waals surface area (Å²) in [6, 6.07) is 7.26. The summed E-state index contributed by atoms with van der Waals surface area (Å²) in [5.41, 5.74) is 0.614. The molecule has 0 bridgehead atoms. The van der Waals surface area contributed by atoms with Crippen LogP contribution < -0.4 is 10.1 Å². The van der Waals surface area contributed by atoms with Gasteiger partial charge in [0, 0.05) is 13.1 Å². The molecule has 128 valence electrons. The third-order valence-electron chi connectivity index (χ3n) is 3.73. The lowest BCUT2D eigenvalue weighted by atomic mass is 9.98. The Labute approximate surface area is 137 Å². The van der Waals surface area contributed by atoms with Crippen molar-refractivity contribution in [1.29, 1.82) is 0 Å². The fourth-order valence-electron chi connectivity index (χ4n) is 2.62. The van der Waals surface area contributed by atoms with Crippen LogP contribution in [0.5, 0.6) is 5.75 Å². The minimum absolute atomic E-state index is 0.00320. The summed E-state index contributed by atoms with van der Waals surface area (Å²) in [5.74, 6) is 0.107. The third-order valence-corrected chi connectivity index (χ3v) is 5.00. The molecule has 0 radical (unpaired) electrons. The first-order chi connectivity index (χ1) is 10.8. The first-order valence-corrected chi connectivity index (χ1v) is 9.64. The highest BCUT2D eigenvalue weighted by molar-refractivity contribution is 7.88. The number of sulfonamides is 1. The van der Waals surface area contributed by atoms with Crippen LogP contribution in [-0.2, 0) is 14.8 Å². The van der Waals surface area contributed by atoms with Crippen LogP contribution in [0.1, 0.15) is 26.7 Å². The van der Waals surface area contributed by atoms with E-state index in [1.54, 1.807) is 12.1 Å². The van der Waals surface area contributed by atoms with Crippen molar-refractivity contribution in [2.45, 2.75) is 32.8 Å². The number of anilines is 1. The molecule has 0 aromatic heterocycles. The molecule has 1 heterocycles. The number of carbonyl (C=O) groups is 1. The quantitative estimate of drug-likeness (QED) is 0.890. The van der Waals surface area contributed by atoms with Gasteiger partial charge in [-0.1, -0.05) is 12.1 Å². The Hall–Kier alpha value is -1.60. The van der Waals surface area contributed by atoms with Gasteiger partial charge in [-0.2, -0.15) is 0 Å². The van der Waals surface area contributed by atoms with E-state index in [1.807, 2.05) is 26.0 Å². The number of hydrogen-bond acceptors (Lipinski definition) is 4. The van der Waals surface area contributed by atoms with Crippen molar-refractivity contribution in [3.63, 3.8) is 0 Å². The highest BCUT2D eigenvalue weighted by Crippen LogP contribution is 2.27. The van der Waals surface area contributed by atoms with Gasteiger partial charge in [0.15, 0.2) is 0 Å². The van der Waals surface area contributed by atoms with Crippen LogP contribution in [0.2, 0.25) is 0 Å². The predicted molar refractivity (Wildman–Crippen MR) is 90.0 cm³/mol. The molecule has 0 spiro atoms. The van der Waals surface area contributed by atoms with E-state index in [0.29, 0.717) is 30.8 Å². The first-order valence-electron chi connectivity index (χ1n) is 7.79. The molecule has 1 amide bonds. The number of para-hydroxylation sites is 2. The van der Waals surface area contributed by atoms with Gasteiger partial charge in [-0.25, -0.2) is 12.7 Å². The van der Waals surface area contributed by atoms with Crippen molar-refractivity contribution in [1.82, 2.24) is 4.31 Å². The Morgan fingerprint density at radius 2 is 2.04 bits per heavy atom. The van der Waals surface area contributed by atoms with Gasteiger partial charge in [0.1, 0.15) is 5.75 Å². The largest absolute Gasteiger partial charge is 0.489 e. The Balaban J connectivity index is 2.07. The van der Waals surface area contributed by atoms with Crippen LogP contribution in [0.15, 0.2) is 24.3 Å². The van der Waals surface area contributed by atoms with Crippen LogP contribution in [0.25, 0.3) is 0 Å². The monoisotopic (exact) mass is 340 g/mol. The lowest BCUT2D eigenvalue weighted by Crippen LogP contribution is -2.43. The summed E-state index contributed by atoms with van der Waals surface area (Å²) in [5, 5.41) is 2.87. The molecule has 1 N–H and O–H groups in total. The molecule has 1 aromatic rings. The van der Waals surface area contributed by atoms with E-state index in [4.69, 9.17) is 4.74 Å². The molecule has 0 unspecified atom stereocenters. The number of benzene rings is 1. The molecule has 1 atom stereocenters. The van der Waals surface area contributed by atoms with Gasteiger partial charge < -0.3 is 10.1 Å². The van der Waals surface area contributed by atoms with Crippen molar-refractivity contribution in [2.24, 2.45) is 5.92 Å². The van der Waals surface area contributed by atoms with E-state index in [1.165, 1.54) is 10.6 Å². The normalized spacial score (nSPS) is 19.6. The van der Waals surface area contributed by atoms with Crippen molar-refractivity contribution < 1.29 is 17.9 Å². The zero-order chi connectivity index (χ0) is 17.0. The lowest BCUT2D eigenvalue weighted by molar-refractivity contribution is -0.120. The number of nitrogens with zero attached hydrogens (tertiary/aromatic N) is 1. The maximum Gasteiger partial charge on any atom is 0.228 e. The summed E-state index contributed by atoms with van der Waals surface area (Å²) in [6.07, 6.45) is 2.56. The Morgan fingerprint density at radius 3 is 2.70 bits per heavy atom. The summed E-state index contributed by atoms with van der Waals surface area (Å²) in [4.78, 5) is 12.5. The van der Waals surface area contributed by atoms with E-state index < -0.39 is 10.0 Å². The fraction of sp³-hybridized carbons (Fsp3) is 0.562. The summed E-state index contributed by atoms with van der Waals surface area (Å²) in [6.45, 7) is 4.56. The van der Waals surface area contributed by atoms with Gasteiger partial charge in [-0.05, 0) is 38.8 Å². The highest BCUT2D eigenvalue weighted by Gasteiger charge is 2.30. The number of nitrogens with one attached hydrogen (secondary N) is 1. The molecule has 2 rings (SSSR count). The Kier molecular flexibility index (Phi) is 5.64. The molecule has 7 heteroatoms. The van der Waals surface area contributed by atoms with Gasteiger partial charge in [0.05, 0.1) is 24.0 Å². The SMILES string of the molecule is CC(C)Oc1ccccc1NC(=O)[C@H]1CCCN(S(C)(=O)=O)C1. The summed E-state index contributed by atoms with van der Waals surface area (Å²) < 4.78 is 30.4. The number of rotatable bonds is 5. The van der Waals surface area contributed by atoms with Gasteiger partial charge in [-0.15, -0.1) is 0 Å². The molecule has 0 aliphatic carbocycles. The van der Waals surface area contributed by atoms with E-state index in [9.17, 15) is 13.2 Å². The highest BCUT2D eigenvalue weighted by atomic mass is 32.2. The van der Waals surface area contributed by atoms with Gasteiger partial charge in [0.2, 0.25) is 15.9 Å². The van der Waals surface area contributed by atoms with E-state index in [-0.39, 0.29) is 24.5 Å². The summed E-state index contributed by atoms with van der Waals surface area (Å²) in [7, 11) is -3.26. The van der Waals surface area contributed by atoms with Crippen LogP contribution in [0.4, 0.5) is 5.69 Å². The molecular weight excluding hydrogens is 316 g/mol. The second-order valence-corrected chi connectivity index (χ2v) is 8.09. The zero-order valence-electron chi connectivity index (χ0n) is 13.8. The first kappa shape index (κ1) is 17.7. The standard InChI is InChI=1S/C16H24N2O4S/c1-12(2)22-15-9-5-4-8-14(15)17-16(19)13-7-6-10-18(11-13)23(3,20)21/h4-5,8-9,12-13H,6-7,10-11H2,1-3H3,(H,17,19)/t13-/m0/s1. The van der Waals surface area contributed by atoms with Crippen LogP contribution in [0.3, 0.4) is 0 Å². The molecule has 1 aromatic carbocycles. The minimum atomic E-state index is -3.26. The van der Waals surface area contributed by atoms with E-state index >= 15 is 0 Å². The number of ether oxygens (including phenoxy) is 1. The van der Waals surface area contributed by atoms with Crippen LogP contribution in [-0.4, -0.2) is 44.1 Å². The molecule has 0 saturated carbocycles. The van der Waals surface area contributed by atoms with Crippen molar-refractivity contribution >= 4 is 21.6 Å². The maximum absolute atomic E-state index is 12.5. The average molecular weight is 340 g/mol. The van der Waals surface area contributed by atoms with Gasteiger partial charge in [-0.3, -0.25) is 4.79 Å². The fourth-order valence-corrected chi connectivity index (χ4v) is 3.53. The topological polar surface area (TPSA) is 75.7 Å². The van der Waals surface area contributed by atoms with Crippen molar-refractivity contribution in [2.75, 3.05) is 24.7 Å². The summed E-state index contributed by atoms with van der Waals surface area (Å²) >= 11 is 0. The molecular formula is C16H24N2O4S. The predicted octanol–water partition coefficient (Wildman–Crippen LogP) is 2.08. The molecule has 1 aliphatic heterocycles.